The van der Waals surface area contributed by atoms with Crippen LogP contribution in [-0.2, 0) is 15.0 Å². The topological polar surface area (TPSA) is 58.6 Å². The van der Waals surface area contributed by atoms with Gasteiger partial charge in [0.1, 0.15) is 5.75 Å². The smallest absolute Gasteiger partial charge is 0.231 e. The Labute approximate surface area is 173 Å². The number of rotatable bonds is 5. The predicted molar refractivity (Wildman–Crippen MR) is 114 cm³/mol. The molecule has 0 aliphatic carbocycles. The highest BCUT2D eigenvalue weighted by Gasteiger charge is 2.43. The summed E-state index contributed by atoms with van der Waals surface area (Å²) >= 11 is 0. The molecule has 29 heavy (non-hydrogen) atoms. The summed E-state index contributed by atoms with van der Waals surface area (Å²) in [4.78, 5) is 27.2. The van der Waals surface area contributed by atoms with E-state index < -0.39 is 5.41 Å². The molecule has 2 aromatic rings. The third-order valence-corrected chi connectivity index (χ3v) is 6.02. The first kappa shape index (κ1) is 20.9. The van der Waals surface area contributed by atoms with Gasteiger partial charge in [-0.3, -0.25) is 9.59 Å². The molecule has 1 fully saturated rings. The summed E-state index contributed by atoms with van der Waals surface area (Å²) in [5.74, 6) is 0.830. The van der Waals surface area contributed by atoms with E-state index in [1.54, 1.807) is 14.0 Å². The zero-order valence-electron chi connectivity index (χ0n) is 17.7. The van der Waals surface area contributed by atoms with Gasteiger partial charge in [0, 0.05) is 25.6 Å². The Kier molecular flexibility index (Phi) is 6.26. The molecule has 2 aromatic carbocycles. The first-order valence-electron chi connectivity index (χ1n) is 10.1. The summed E-state index contributed by atoms with van der Waals surface area (Å²) in [7, 11) is 1.64. The first-order valence-corrected chi connectivity index (χ1v) is 10.1. The van der Waals surface area contributed by atoms with Crippen LogP contribution in [0.5, 0.6) is 5.75 Å². The van der Waals surface area contributed by atoms with Crippen LogP contribution in [-0.4, -0.2) is 36.9 Å². The van der Waals surface area contributed by atoms with E-state index in [1.807, 2.05) is 61.2 Å². The normalized spacial score (nSPS) is 16.8. The van der Waals surface area contributed by atoms with E-state index in [4.69, 9.17) is 4.74 Å². The maximum atomic E-state index is 13.6. The lowest BCUT2D eigenvalue weighted by atomic mass is 9.71. The van der Waals surface area contributed by atoms with Gasteiger partial charge in [-0.25, -0.2) is 0 Å². The Hall–Kier alpha value is -2.82. The highest BCUT2D eigenvalue weighted by atomic mass is 16.5. The minimum Gasteiger partial charge on any atom is -0.496 e. The standard InChI is InChI=1S/C24H30N2O3/c1-17-10-11-22(29-4)21(16-17)18(2)25-23(28)24(20-8-6-5-7-9-20)12-14-26(15-13-24)19(3)27/h5-11,16,18H,12-15H2,1-4H3,(H,25,28). The fraction of sp³-hybridized carbons (Fsp3) is 0.417. The number of ether oxygens (including phenoxy) is 1. The van der Waals surface area contributed by atoms with E-state index in [9.17, 15) is 9.59 Å². The second kappa shape index (κ2) is 8.68. The van der Waals surface area contributed by atoms with Crippen molar-refractivity contribution in [3.8, 4) is 5.75 Å². The largest absolute Gasteiger partial charge is 0.496 e. The van der Waals surface area contributed by atoms with Crippen molar-refractivity contribution in [2.45, 2.75) is 45.1 Å². The SMILES string of the molecule is COc1ccc(C)cc1C(C)NC(=O)C1(c2ccccc2)CCN(C(C)=O)CC1. The van der Waals surface area contributed by atoms with Crippen molar-refractivity contribution in [2.75, 3.05) is 20.2 Å². The number of benzene rings is 2. The Morgan fingerprint density at radius 3 is 2.34 bits per heavy atom. The molecule has 1 aliphatic rings. The predicted octanol–water partition coefficient (Wildman–Crippen LogP) is 3.76. The molecular formula is C24H30N2O3. The van der Waals surface area contributed by atoms with Gasteiger partial charge in [-0.2, -0.15) is 0 Å². The summed E-state index contributed by atoms with van der Waals surface area (Å²) in [5, 5.41) is 3.23. The third-order valence-electron chi connectivity index (χ3n) is 6.02. The lowest BCUT2D eigenvalue weighted by Gasteiger charge is -2.41. The lowest BCUT2D eigenvalue weighted by Crippen LogP contribution is -2.52. The molecule has 154 valence electrons. The van der Waals surface area contributed by atoms with Crippen LogP contribution in [0, 0.1) is 6.92 Å². The molecule has 1 atom stereocenters. The summed E-state index contributed by atoms with van der Waals surface area (Å²) in [6, 6.07) is 15.7. The summed E-state index contributed by atoms with van der Waals surface area (Å²) in [5.41, 5.74) is 2.45. The van der Waals surface area contributed by atoms with Crippen molar-refractivity contribution in [2.24, 2.45) is 0 Å². The molecule has 1 saturated heterocycles. The Bertz CT molecular complexity index is 871. The number of amides is 2. The molecule has 0 saturated carbocycles. The minimum absolute atomic E-state index is 0.00274. The molecule has 1 N–H and O–H groups in total. The average Bonchev–Trinajstić information content (AvgIpc) is 2.74. The minimum atomic E-state index is -0.640. The highest BCUT2D eigenvalue weighted by molar-refractivity contribution is 5.89. The molecule has 0 aromatic heterocycles. The zero-order valence-corrected chi connectivity index (χ0v) is 17.7. The monoisotopic (exact) mass is 394 g/mol. The fourth-order valence-electron chi connectivity index (χ4n) is 4.21. The van der Waals surface area contributed by atoms with Crippen molar-refractivity contribution in [3.63, 3.8) is 0 Å². The van der Waals surface area contributed by atoms with Gasteiger partial charge in [0.15, 0.2) is 0 Å². The number of methoxy groups -OCH3 is 1. The van der Waals surface area contributed by atoms with Gasteiger partial charge in [0.2, 0.25) is 11.8 Å². The van der Waals surface area contributed by atoms with Gasteiger partial charge in [-0.15, -0.1) is 0 Å². The average molecular weight is 395 g/mol. The molecule has 1 unspecified atom stereocenters. The van der Waals surface area contributed by atoms with Crippen LogP contribution in [0.3, 0.4) is 0 Å². The fourth-order valence-corrected chi connectivity index (χ4v) is 4.21. The van der Waals surface area contributed by atoms with E-state index in [-0.39, 0.29) is 17.9 Å². The molecule has 2 amide bonds. The number of aryl methyl sites for hydroxylation is 1. The molecule has 5 heteroatoms. The molecule has 0 bridgehead atoms. The number of nitrogens with one attached hydrogen (secondary N) is 1. The van der Waals surface area contributed by atoms with Crippen LogP contribution in [0.1, 0.15) is 49.4 Å². The van der Waals surface area contributed by atoms with Crippen molar-refractivity contribution in [3.05, 3.63) is 65.2 Å². The van der Waals surface area contributed by atoms with Gasteiger partial charge in [0.05, 0.1) is 18.6 Å². The van der Waals surface area contributed by atoms with E-state index in [1.165, 1.54) is 0 Å². The van der Waals surface area contributed by atoms with Gasteiger partial charge in [-0.05, 0) is 38.3 Å². The van der Waals surface area contributed by atoms with Crippen molar-refractivity contribution < 1.29 is 14.3 Å². The summed E-state index contributed by atoms with van der Waals surface area (Å²) in [6.07, 6.45) is 1.22. The van der Waals surface area contributed by atoms with E-state index >= 15 is 0 Å². The number of nitrogens with zero attached hydrogens (tertiary/aromatic N) is 1. The number of piperidine rings is 1. The van der Waals surface area contributed by atoms with Crippen LogP contribution in [0.15, 0.2) is 48.5 Å². The second-order valence-electron chi connectivity index (χ2n) is 7.89. The van der Waals surface area contributed by atoms with E-state index in [0.29, 0.717) is 25.9 Å². The van der Waals surface area contributed by atoms with Crippen molar-refractivity contribution in [1.29, 1.82) is 0 Å². The summed E-state index contributed by atoms with van der Waals surface area (Å²) in [6.45, 7) is 6.76. The van der Waals surface area contributed by atoms with Crippen LogP contribution in [0.4, 0.5) is 0 Å². The number of hydrogen-bond acceptors (Lipinski definition) is 3. The third kappa shape index (κ3) is 4.29. The molecule has 0 radical (unpaired) electrons. The quantitative estimate of drug-likeness (QED) is 0.840. The van der Waals surface area contributed by atoms with E-state index in [0.717, 1.165) is 22.4 Å². The number of carbonyl (C=O) groups excluding carboxylic acids is 2. The second-order valence-corrected chi connectivity index (χ2v) is 7.89. The summed E-state index contributed by atoms with van der Waals surface area (Å²) < 4.78 is 5.50. The van der Waals surface area contributed by atoms with Crippen LogP contribution in [0.2, 0.25) is 0 Å². The molecule has 0 spiro atoms. The van der Waals surface area contributed by atoms with Crippen LogP contribution in [0.25, 0.3) is 0 Å². The number of carbonyl (C=O) groups is 2. The maximum Gasteiger partial charge on any atom is 0.231 e. The molecule has 5 nitrogen and oxygen atoms in total. The highest BCUT2D eigenvalue weighted by Crippen LogP contribution is 2.37. The van der Waals surface area contributed by atoms with Crippen molar-refractivity contribution in [1.82, 2.24) is 10.2 Å². The lowest BCUT2D eigenvalue weighted by molar-refractivity contribution is -0.135. The molecule has 3 rings (SSSR count). The van der Waals surface area contributed by atoms with Crippen molar-refractivity contribution >= 4 is 11.8 Å². The van der Waals surface area contributed by atoms with Gasteiger partial charge in [-0.1, -0.05) is 48.0 Å². The zero-order chi connectivity index (χ0) is 21.0. The van der Waals surface area contributed by atoms with Crippen LogP contribution < -0.4 is 10.1 Å². The Morgan fingerprint density at radius 1 is 1.10 bits per heavy atom. The molecular weight excluding hydrogens is 364 g/mol. The van der Waals surface area contributed by atoms with Gasteiger partial charge < -0.3 is 15.0 Å². The van der Waals surface area contributed by atoms with Gasteiger partial charge >= 0.3 is 0 Å². The van der Waals surface area contributed by atoms with Crippen LogP contribution >= 0.6 is 0 Å². The molecule has 1 aliphatic heterocycles. The van der Waals surface area contributed by atoms with Gasteiger partial charge in [0.25, 0.3) is 0 Å². The Balaban J connectivity index is 1.88. The van der Waals surface area contributed by atoms with E-state index in [2.05, 4.69) is 11.4 Å². The molecule has 1 heterocycles. The number of likely N-dealkylation sites (tertiary alicyclic amines) is 1. The number of hydrogen-bond donors (Lipinski definition) is 1. The first-order chi connectivity index (χ1) is 13.9. The Morgan fingerprint density at radius 2 is 1.76 bits per heavy atom. The maximum absolute atomic E-state index is 13.6.